The Hall–Kier alpha value is -1.29. The molecule has 6 heteroatoms. The van der Waals surface area contributed by atoms with Gasteiger partial charge in [-0.1, -0.05) is 40.9 Å². The van der Waals surface area contributed by atoms with E-state index in [4.69, 9.17) is 34.8 Å². The number of hydrogen-bond donors (Lipinski definition) is 3. The monoisotopic (exact) mass is 331 g/mol. The smallest absolute Gasteiger partial charge is 0.124 e. The molecule has 2 aromatic rings. The van der Waals surface area contributed by atoms with Crippen LogP contribution < -0.4 is 5.32 Å². The summed E-state index contributed by atoms with van der Waals surface area (Å²) in [7, 11) is 0. The quantitative estimate of drug-likeness (QED) is 0.721. The molecule has 1 atom stereocenters. The number of phenols is 2. The molecule has 2 rings (SSSR count). The van der Waals surface area contributed by atoms with E-state index in [2.05, 4.69) is 5.32 Å². The summed E-state index contributed by atoms with van der Waals surface area (Å²) in [6, 6.07) is 7.29. The van der Waals surface area contributed by atoms with Gasteiger partial charge in [0.1, 0.15) is 11.5 Å². The van der Waals surface area contributed by atoms with Crippen LogP contribution in [0, 0.1) is 0 Å². The van der Waals surface area contributed by atoms with Crippen molar-refractivity contribution < 1.29 is 10.2 Å². The maximum Gasteiger partial charge on any atom is 0.124 e. The molecule has 20 heavy (non-hydrogen) atoms. The number of benzene rings is 2. The first-order valence-electron chi connectivity index (χ1n) is 5.82. The molecule has 1 unspecified atom stereocenters. The second-order valence-electron chi connectivity index (χ2n) is 4.32. The minimum atomic E-state index is -0.396. The van der Waals surface area contributed by atoms with E-state index in [0.717, 1.165) is 0 Å². The number of rotatable bonds is 3. The van der Waals surface area contributed by atoms with E-state index in [1.165, 1.54) is 12.1 Å². The molecule has 3 N–H and O–H groups in total. The number of phenolic OH excluding ortho intramolecular Hbond substituents is 2. The molecule has 0 radical (unpaired) electrons. The third-order valence-electron chi connectivity index (χ3n) is 2.86. The summed E-state index contributed by atoms with van der Waals surface area (Å²) in [5.74, 6) is -0.0163. The topological polar surface area (TPSA) is 52.5 Å². The predicted octanol–water partition coefficient (Wildman–Crippen LogP) is 5.23. The fraction of sp³-hybridized carbons (Fsp3) is 0.143. The molecule has 0 aliphatic heterocycles. The Morgan fingerprint density at radius 2 is 1.50 bits per heavy atom. The highest BCUT2D eigenvalue weighted by atomic mass is 35.5. The second kappa shape index (κ2) is 6.00. The van der Waals surface area contributed by atoms with Crippen LogP contribution >= 0.6 is 34.8 Å². The van der Waals surface area contributed by atoms with Gasteiger partial charge < -0.3 is 15.5 Å². The van der Waals surface area contributed by atoms with Crippen molar-refractivity contribution in [3.63, 3.8) is 0 Å². The molecule has 0 fully saturated rings. The van der Waals surface area contributed by atoms with Crippen LogP contribution in [-0.4, -0.2) is 10.2 Å². The lowest BCUT2D eigenvalue weighted by Crippen LogP contribution is -2.08. The van der Waals surface area contributed by atoms with Gasteiger partial charge in [-0.3, -0.25) is 0 Å². The Morgan fingerprint density at radius 3 is 2.00 bits per heavy atom. The normalized spacial score (nSPS) is 12.2. The van der Waals surface area contributed by atoms with E-state index < -0.39 is 6.04 Å². The van der Waals surface area contributed by atoms with E-state index in [9.17, 15) is 10.2 Å². The Morgan fingerprint density at radius 1 is 1.00 bits per heavy atom. The van der Waals surface area contributed by atoms with Crippen LogP contribution in [0.5, 0.6) is 11.5 Å². The molecule has 2 aromatic carbocycles. The van der Waals surface area contributed by atoms with Crippen LogP contribution in [0.2, 0.25) is 15.1 Å². The van der Waals surface area contributed by atoms with Gasteiger partial charge in [0.25, 0.3) is 0 Å². The lowest BCUT2D eigenvalue weighted by atomic mass is 10.1. The Balaban J connectivity index is 2.35. The molecular formula is C14H12Cl3NO2. The predicted molar refractivity (Wildman–Crippen MR) is 83.3 cm³/mol. The first-order chi connectivity index (χ1) is 9.40. The Labute approximate surface area is 131 Å². The third kappa shape index (κ3) is 3.06. The molecular weight excluding hydrogens is 321 g/mol. The number of nitrogens with one attached hydrogen (secondary N) is 1. The van der Waals surface area contributed by atoms with Crippen molar-refractivity contribution in [2.45, 2.75) is 13.0 Å². The van der Waals surface area contributed by atoms with Gasteiger partial charge in [-0.2, -0.15) is 0 Å². The van der Waals surface area contributed by atoms with E-state index >= 15 is 0 Å². The number of hydrogen-bond acceptors (Lipinski definition) is 3. The van der Waals surface area contributed by atoms with Crippen molar-refractivity contribution in [1.29, 1.82) is 0 Å². The maximum absolute atomic E-state index is 9.84. The van der Waals surface area contributed by atoms with Crippen molar-refractivity contribution >= 4 is 40.5 Å². The van der Waals surface area contributed by atoms with E-state index in [1.807, 2.05) is 0 Å². The van der Waals surface area contributed by atoms with Crippen LogP contribution in [0.1, 0.15) is 18.5 Å². The van der Waals surface area contributed by atoms with Crippen molar-refractivity contribution in [2.24, 2.45) is 0 Å². The fourth-order valence-corrected chi connectivity index (χ4v) is 2.88. The zero-order chi connectivity index (χ0) is 14.9. The largest absolute Gasteiger partial charge is 0.507 e. The Kier molecular flexibility index (Phi) is 4.53. The van der Waals surface area contributed by atoms with Gasteiger partial charge in [0.2, 0.25) is 0 Å². The number of anilines is 1. The summed E-state index contributed by atoms with van der Waals surface area (Å²) in [6.45, 7) is 1.77. The van der Waals surface area contributed by atoms with Gasteiger partial charge in [0, 0.05) is 5.02 Å². The average Bonchev–Trinajstić information content (AvgIpc) is 2.33. The summed E-state index contributed by atoms with van der Waals surface area (Å²) < 4.78 is 0. The minimum Gasteiger partial charge on any atom is -0.507 e. The highest BCUT2D eigenvalue weighted by Crippen LogP contribution is 2.39. The van der Waals surface area contributed by atoms with Gasteiger partial charge in [-0.25, -0.2) is 0 Å². The summed E-state index contributed by atoms with van der Waals surface area (Å²) in [5.41, 5.74) is 0.863. The van der Waals surface area contributed by atoms with E-state index in [0.29, 0.717) is 26.3 Å². The molecule has 0 aliphatic carbocycles. The zero-order valence-electron chi connectivity index (χ0n) is 10.5. The van der Waals surface area contributed by atoms with Crippen LogP contribution in [0.25, 0.3) is 0 Å². The molecule has 0 spiro atoms. The minimum absolute atomic E-state index is 0.00814. The standard InChI is InChI=1S/C14H12Cl3NO2/c1-7(13-11(19)3-2-4-12(13)20)18-14-9(16)5-8(15)6-10(14)17/h2-7,18-20H,1H3. The number of aromatic hydroxyl groups is 2. The molecule has 0 aromatic heterocycles. The summed E-state index contributed by atoms with van der Waals surface area (Å²) in [4.78, 5) is 0. The first-order valence-corrected chi connectivity index (χ1v) is 6.95. The van der Waals surface area contributed by atoms with Crippen molar-refractivity contribution in [3.8, 4) is 11.5 Å². The van der Waals surface area contributed by atoms with E-state index in [-0.39, 0.29) is 11.5 Å². The van der Waals surface area contributed by atoms with Crippen LogP contribution in [0.15, 0.2) is 30.3 Å². The fourth-order valence-electron chi connectivity index (χ4n) is 1.95. The van der Waals surface area contributed by atoms with Crippen molar-refractivity contribution in [2.75, 3.05) is 5.32 Å². The van der Waals surface area contributed by atoms with Gasteiger partial charge in [-0.05, 0) is 31.2 Å². The second-order valence-corrected chi connectivity index (χ2v) is 5.57. The molecule has 0 saturated carbocycles. The molecule has 0 bridgehead atoms. The van der Waals surface area contributed by atoms with Gasteiger partial charge >= 0.3 is 0 Å². The average molecular weight is 333 g/mol. The van der Waals surface area contributed by atoms with Gasteiger partial charge in [0.05, 0.1) is 27.3 Å². The summed E-state index contributed by atoms with van der Waals surface area (Å²) in [6.07, 6.45) is 0. The Bertz CT molecular complexity index is 603. The van der Waals surface area contributed by atoms with Crippen LogP contribution in [-0.2, 0) is 0 Å². The summed E-state index contributed by atoms with van der Waals surface area (Å²) in [5, 5.41) is 23.9. The van der Waals surface area contributed by atoms with Crippen LogP contribution in [0.4, 0.5) is 5.69 Å². The van der Waals surface area contributed by atoms with Gasteiger partial charge in [-0.15, -0.1) is 0 Å². The molecule has 0 heterocycles. The molecule has 0 amide bonds. The lowest BCUT2D eigenvalue weighted by Gasteiger charge is -2.20. The highest BCUT2D eigenvalue weighted by molar-refractivity contribution is 6.41. The maximum atomic E-state index is 9.84. The third-order valence-corrected chi connectivity index (χ3v) is 3.68. The van der Waals surface area contributed by atoms with Crippen LogP contribution in [0.3, 0.4) is 0 Å². The van der Waals surface area contributed by atoms with Crippen molar-refractivity contribution in [1.82, 2.24) is 0 Å². The van der Waals surface area contributed by atoms with E-state index in [1.54, 1.807) is 25.1 Å². The first kappa shape index (κ1) is 15.1. The molecule has 3 nitrogen and oxygen atoms in total. The van der Waals surface area contributed by atoms with Gasteiger partial charge in [0.15, 0.2) is 0 Å². The zero-order valence-corrected chi connectivity index (χ0v) is 12.8. The SMILES string of the molecule is CC(Nc1c(Cl)cc(Cl)cc1Cl)c1c(O)cccc1O. The van der Waals surface area contributed by atoms with Crippen molar-refractivity contribution in [3.05, 3.63) is 51.0 Å². The summed E-state index contributed by atoms with van der Waals surface area (Å²) >= 11 is 18.0. The lowest BCUT2D eigenvalue weighted by molar-refractivity contribution is 0.434. The molecule has 106 valence electrons. The molecule has 0 aliphatic rings. The molecule has 0 saturated heterocycles. The highest BCUT2D eigenvalue weighted by Gasteiger charge is 2.17. The number of halogens is 3.